The fourth-order valence-electron chi connectivity index (χ4n) is 2.23. The van der Waals surface area contributed by atoms with Crippen molar-refractivity contribution in [1.29, 1.82) is 5.26 Å². The lowest BCUT2D eigenvalue weighted by atomic mass is 10.1. The molecular formula is C19H16ClN5OS2. The van der Waals surface area contributed by atoms with E-state index >= 15 is 0 Å². The summed E-state index contributed by atoms with van der Waals surface area (Å²) in [7, 11) is 0. The first-order valence-electron chi connectivity index (χ1n) is 8.29. The second-order valence-corrected chi connectivity index (χ2v) is 8.44. The number of amides is 1. The van der Waals surface area contributed by atoms with E-state index in [4.69, 9.17) is 16.9 Å². The zero-order valence-corrected chi connectivity index (χ0v) is 17.3. The molecular weight excluding hydrogens is 414 g/mol. The third kappa shape index (κ3) is 5.70. The number of carbonyl (C=O) groups is 1. The lowest BCUT2D eigenvalue weighted by Crippen LogP contribution is -2.13. The van der Waals surface area contributed by atoms with Crippen molar-refractivity contribution in [1.82, 2.24) is 10.2 Å². The smallest absolute Gasteiger partial charge is 0.234 e. The van der Waals surface area contributed by atoms with E-state index in [1.165, 1.54) is 23.1 Å². The van der Waals surface area contributed by atoms with Gasteiger partial charge in [0.1, 0.15) is 0 Å². The monoisotopic (exact) mass is 429 g/mol. The maximum atomic E-state index is 12.1. The molecule has 0 bridgehead atoms. The van der Waals surface area contributed by atoms with Crippen molar-refractivity contribution in [3.63, 3.8) is 0 Å². The number of anilines is 3. The van der Waals surface area contributed by atoms with Gasteiger partial charge in [-0.05, 0) is 42.3 Å². The van der Waals surface area contributed by atoms with Gasteiger partial charge in [-0.3, -0.25) is 4.79 Å². The van der Waals surface area contributed by atoms with Crippen LogP contribution in [0.2, 0.25) is 5.02 Å². The Balaban J connectivity index is 1.50. The molecule has 0 saturated carbocycles. The summed E-state index contributed by atoms with van der Waals surface area (Å²) in [4.78, 5) is 12.1. The third-order valence-electron chi connectivity index (χ3n) is 3.68. The van der Waals surface area contributed by atoms with Gasteiger partial charge >= 0.3 is 0 Å². The minimum Gasteiger partial charge on any atom is -0.330 e. The Morgan fingerprint density at radius 2 is 1.96 bits per heavy atom. The molecule has 0 radical (unpaired) electrons. The molecule has 1 amide bonds. The predicted molar refractivity (Wildman–Crippen MR) is 114 cm³/mol. The zero-order chi connectivity index (χ0) is 19.9. The molecule has 6 nitrogen and oxygen atoms in total. The molecule has 0 aliphatic carbocycles. The van der Waals surface area contributed by atoms with Crippen molar-refractivity contribution >= 4 is 57.1 Å². The van der Waals surface area contributed by atoms with Gasteiger partial charge in [-0.2, -0.15) is 5.26 Å². The molecule has 28 heavy (non-hydrogen) atoms. The number of benzene rings is 2. The maximum Gasteiger partial charge on any atom is 0.234 e. The fourth-order valence-corrected chi connectivity index (χ4v) is 3.99. The Morgan fingerprint density at radius 1 is 1.21 bits per heavy atom. The molecule has 2 aromatic carbocycles. The topological polar surface area (TPSA) is 90.7 Å². The van der Waals surface area contributed by atoms with E-state index in [1.54, 1.807) is 12.1 Å². The predicted octanol–water partition coefficient (Wildman–Crippen LogP) is 5.04. The van der Waals surface area contributed by atoms with E-state index < -0.39 is 0 Å². The van der Waals surface area contributed by atoms with Gasteiger partial charge in [-0.25, -0.2) is 0 Å². The van der Waals surface area contributed by atoms with Crippen LogP contribution in [-0.4, -0.2) is 21.9 Å². The molecule has 0 fully saturated rings. The van der Waals surface area contributed by atoms with E-state index in [9.17, 15) is 4.79 Å². The van der Waals surface area contributed by atoms with Crippen LogP contribution in [0.5, 0.6) is 0 Å². The molecule has 0 saturated heterocycles. The number of hydrogen-bond donors (Lipinski definition) is 2. The Morgan fingerprint density at radius 3 is 2.68 bits per heavy atom. The van der Waals surface area contributed by atoms with Gasteiger partial charge in [0, 0.05) is 16.4 Å². The first-order chi connectivity index (χ1) is 13.5. The highest BCUT2D eigenvalue weighted by Crippen LogP contribution is 2.29. The van der Waals surface area contributed by atoms with Crippen molar-refractivity contribution in [2.75, 3.05) is 16.4 Å². The SMILES string of the molecule is Cc1ccc(Nc2nnc(SCC(=O)Nc3ccc(CC#N)cc3)s2)cc1Cl. The molecule has 0 spiro atoms. The summed E-state index contributed by atoms with van der Waals surface area (Å²) in [6, 6.07) is 15.0. The van der Waals surface area contributed by atoms with Crippen LogP contribution < -0.4 is 10.6 Å². The third-order valence-corrected chi connectivity index (χ3v) is 6.06. The highest BCUT2D eigenvalue weighted by atomic mass is 35.5. The first kappa shape index (κ1) is 20.1. The van der Waals surface area contributed by atoms with E-state index in [0.717, 1.165) is 16.8 Å². The summed E-state index contributed by atoms with van der Waals surface area (Å²) >= 11 is 8.81. The van der Waals surface area contributed by atoms with Crippen LogP contribution in [0.3, 0.4) is 0 Å². The Hall–Kier alpha value is -2.60. The highest BCUT2D eigenvalue weighted by molar-refractivity contribution is 8.01. The molecule has 0 aliphatic rings. The summed E-state index contributed by atoms with van der Waals surface area (Å²) in [5, 5.41) is 24.2. The van der Waals surface area contributed by atoms with Crippen LogP contribution in [-0.2, 0) is 11.2 Å². The zero-order valence-electron chi connectivity index (χ0n) is 14.9. The van der Waals surface area contributed by atoms with Crippen molar-refractivity contribution in [3.05, 3.63) is 58.6 Å². The average molecular weight is 430 g/mol. The number of rotatable bonds is 7. The first-order valence-corrected chi connectivity index (χ1v) is 10.5. The van der Waals surface area contributed by atoms with E-state index in [1.807, 2.05) is 37.3 Å². The number of nitrogens with zero attached hydrogens (tertiary/aromatic N) is 3. The number of nitriles is 1. The summed E-state index contributed by atoms with van der Waals surface area (Å²) in [6.07, 6.45) is 0.353. The number of halogens is 1. The lowest BCUT2D eigenvalue weighted by Gasteiger charge is -2.05. The lowest BCUT2D eigenvalue weighted by molar-refractivity contribution is -0.113. The summed E-state index contributed by atoms with van der Waals surface area (Å²) in [6.45, 7) is 1.94. The second-order valence-electron chi connectivity index (χ2n) is 5.83. The number of hydrogen-bond acceptors (Lipinski definition) is 7. The fraction of sp³-hybridized carbons (Fsp3) is 0.158. The average Bonchev–Trinajstić information content (AvgIpc) is 3.12. The van der Waals surface area contributed by atoms with E-state index in [-0.39, 0.29) is 11.7 Å². The van der Waals surface area contributed by atoms with Gasteiger partial charge < -0.3 is 10.6 Å². The number of thioether (sulfide) groups is 1. The Kier molecular flexibility index (Phi) is 6.87. The molecule has 9 heteroatoms. The number of carbonyl (C=O) groups excluding carboxylic acids is 1. The van der Waals surface area contributed by atoms with Crippen LogP contribution in [0.15, 0.2) is 46.8 Å². The van der Waals surface area contributed by atoms with Gasteiger partial charge in [0.25, 0.3) is 0 Å². The van der Waals surface area contributed by atoms with Crippen molar-refractivity contribution < 1.29 is 4.79 Å². The van der Waals surface area contributed by atoms with Crippen LogP contribution in [0.25, 0.3) is 0 Å². The molecule has 1 aromatic heterocycles. The van der Waals surface area contributed by atoms with Gasteiger partial charge in [0.15, 0.2) is 4.34 Å². The quantitative estimate of drug-likeness (QED) is 0.511. The van der Waals surface area contributed by atoms with Gasteiger partial charge in [-0.15, -0.1) is 10.2 Å². The van der Waals surface area contributed by atoms with Crippen molar-refractivity contribution in [2.45, 2.75) is 17.7 Å². The molecule has 2 N–H and O–H groups in total. The molecule has 0 unspecified atom stereocenters. The summed E-state index contributed by atoms with van der Waals surface area (Å²) in [5.41, 5.74) is 3.45. The van der Waals surface area contributed by atoms with E-state index in [2.05, 4.69) is 26.9 Å². The summed E-state index contributed by atoms with van der Waals surface area (Å²) in [5.74, 6) is 0.0957. The molecule has 3 rings (SSSR count). The molecule has 0 atom stereocenters. The minimum atomic E-state index is -0.131. The largest absolute Gasteiger partial charge is 0.330 e. The normalized spacial score (nSPS) is 10.3. The Bertz CT molecular complexity index is 1010. The van der Waals surface area contributed by atoms with Crippen LogP contribution in [0.1, 0.15) is 11.1 Å². The van der Waals surface area contributed by atoms with Crippen molar-refractivity contribution in [2.24, 2.45) is 0 Å². The number of aromatic nitrogens is 2. The van der Waals surface area contributed by atoms with Gasteiger partial charge in [0.2, 0.25) is 11.0 Å². The van der Waals surface area contributed by atoms with Crippen LogP contribution >= 0.6 is 34.7 Å². The van der Waals surface area contributed by atoms with Crippen molar-refractivity contribution in [3.8, 4) is 6.07 Å². The number of nitrogens with one attached hydrogen (secondary N) is 2. The number of aryl methyl sites for hydroxylation is 1. The second kappa shape index (κ2) is 9.55. The molecule has 3 aromatic rings. The highest BCUT2D eigenvalue weighted by Gasteiger charge is 2.09. The maximum absolute atomic E-state index is 12.1. The van der Waals surface area contributed by atoms with Gasteiger partial charge in [-0.1, -0.05) is 52.9 Å². The Labute approximate surface area is 175 Å². The summed E-state index contributed by atoms with van der Waals surface area (Å²) < 4.78 is 0.695. The molecule has 142 valence electrons. The molecule has 0 aliphatic heterocycles. The minimum absolute atomic E-state index is 0.131. The van der Waals surface area contributed by atoms with Gasteiger partial charge in [0.05, 0.1) is 18.2 Å². The van der Waals surface area contributed by atoms with E-state index in [0.29, 0.717) is 26.6 Å². The van der Waals surface area contributed by atoms with Crippen LogP contribution in [0, 0.1) is 18.3 Å². The standard InChI is InChI=1S/C19H16ClN5OS2/c1-12-2-5-15(10-16(12)20)23-18-24-25-19(28-18)27-11-17(26)22-14-6-3-13(4-7-14)8-9-21/h2-7,10H,8,11H2,1H3,(H,22,26)(H,23,24). The van der Waals surface area contributed by atoms with Crippen LogP contribution in [0.4, 0.5) is 16.5 Å². The molecule has 1 heterocycles.